The Morgan fingerprint density at radius 2 is 2.40 bits per heavy atom. The van der Waals surface area contributed by atoms with Crippen LogP contribution >= 0.6 is 0 Å². The number of hydrogen-bond donors (Lipinski definition) is 0. The maximum atomic E-state index is 12.7. The third kappa shape index (κ3) is 2.25. The molecule has 2 aliphatic rings. The average Bonchev–Trinajstić information content (AvgIpc) is 3.03. The van der Waals surface area contributed by atoms with Crippen molar-refractivity contribution in [1.82, 2.24) is 4.90 Å². The van der Waals surface area contributed by atoms with E-state index in [2.05, 4.69) is 0 Å². The highest BCUT2D eigenvalue weighted by atomic mass is 16.5. The molecule has 0 aromatic carbocycles. The summed E-state index contributed by atoms with van der Waals surface area (Å²) in [6.07, 6.45) is 3.50. The third-order valence-electron chi connectivity index (χ3n) is 4.18. The monoisotopic (exact) mass is 279 g/mol. The summed E-state index contributed by atoms with van der Waals surface area (Å²) in [6, 6.07) is 1.93. The smallest absolute Gasteiger partial charge is 0.290 e. The molecule has 1 aromatic heterocycles. The predicted molar refractivity (Wildman–Crippen MR) is 72.7 cm³/mol. The van der Waals surface area contributed by atoms with E-state index >= 15 is 0 Å². The first-order valence-electron chi connectivity index (χ1n) is 7.30. The predicted octanol–water partition coefficient (Wildman–Crippen LogP) is 2.00. The fourth-order valence-corrected chi connectivity index (χ4v) is 3.23. The van der Waals surface area contributed by atoms with Gasteiger partial charge in [0, 0.05) is 18.8 Å². The number of ether oxygens (including phenoxy) is 2. The first-order valence-corrected chi connectivity index (χ1v) is 7.30. The Bertz CT molecular complexity index is 484. The lowest BCUT2D eigenvalue weighted by Gasteiger charge is -2.31. The number of aryl methyl sites for hydroxylation is 1. The van der Waals surface area contributed by atoms with Crippen molar-refractivity contribution in [3.05, 3.63) is 23.7 Å². The summed E-state index contributed by atoms with van der Waals surface area (Å²) in [6.45, 7) is 5.84. The standard InChI is InChI=1S/C15H21NO4/c1-3-18-12-9-16(11-5-4-7-19-14(11)12)15(17)13-10(2)6-8-20-13/h6,8,11-12,14H,3-5,7,9H2,1-2H3/t11-,12-,14+/m1/s1. The summed E-state index contributed by atoms with van der Waals surface area (Å²) in [5.41, 5.74) is 0.878. The van der Waals surface area contributed by atoms with Crippen LogP contribution in [-0.2, 0) is 9.47 Å². The Labute approximate surface area is 118 Å². The fraction of sp³-hybridized carbons (Fsp3) is 0.667. The van der Waals surface area contributed by atoms with Crippen LogP contribution in [0, 0.1) is 6.92 Å². The molecular formula is C15H21NO4. The van der Waals surface area contributed by atoms with Crippen molar-refractivity contribution >= 4 is 5.91 Å². The molecule has 0 aliphatic carbocycles. The number of carbonyl (C=O) groups excluding carboxylic acids is 1. The van der Waals surface area contributed by atoms with Crippen molar-refractivity contribution in [2.45, 2.75) is 44.9 Å². The molecule has 0 unspecified atom stereocenters. The molecular weight excluding hydrogens is 258 g/mol. The van der Waals surface area contributed by atoms with E-state index in [0.717, 1.165) is 25.0 Å². The van der Waals surface area contributed by atoms with Crippen molar-refractivity contribution < 1.29 is 18.7 Å². The van der Waals surface area contributed by atoms with Crippen LogP contribution in [0.5, 0.6) is 0 Å². The van der Waals surface area contributed by atoms with E-state index < -0.39 is 0 Å². The summed E-state index contributed by atoms with van der Waals surface area (Å²) in [5.74, 6) is 0.390. The molecule has 3 atom stereocenters. The molecule has 1 amide bonds. The molecule has 2 saturated heterocycles. The van der Waals surface area contributed by atoms with Crippen molar-refractivity contribution in [1.29, 1.82) is 0 Å². The van der Waals surface area contributed by atoms with Crippen LogP contribution in [0.2, 0.25) is 0 Å². The summed E-state index contributed by atoms with van der Waals surface area (Å²) < 4.78 is 16.9. The highest BCUT2D eigenvalue weighted by molar-refractivity contribution is 5.93. The molecule has 20 heavy (non-hydrogen) atoms. The average molecular weight is 279 g/mol. The number of furan rings is 1. The Hall–Kier alpha value is -1.33. The van der Waals surface area contributed by atoms with Crippen LogP contribution in [0.3, 0.4) is 0 Å². The maximum Gasteiger partial charge on any atom is 0.290 e. The van der Waals surface area contributed by atoms with Gasteiger partial charge in [0.15, 0.2) is 5.76 Å². The Morgan fingerprint density at radius 3 is 3.10 bits per heavy atom. The normalized spacial score (nSPS) is 29.5. The summed E-state index contributed by atoms with van der Waals surface area (Å²) >= 11 is 0. The summed E-state index contributed by atoms with van der Waals surface area (Å²) in [4.78, 5) is 14.5. The van der Waals surface area contributed by atoms with Gasteiger partial charge in [0.2, 0.25) is 0 Å². The minimum Gasteiger partial charge on any atom is -0.459 e. The Balaban J connectivity index is 1.82. The summed E-state index contributed by atoms with van der Waals surface area (Å²) in [5, 5.41) is 0. The van der Waals surface area contributed by atoms with E-state index in [9.17, 15) is 4.79 Å². The molecule has 5 heteroatoms. The van der Waals surface area contributed by atoms with Crippen LogP contribution in [-0.4, -0.2) is 48.8 Å². The van der Waals surface area contributed by atoms with Crippen molar-refractivity contribution in [3.8, 4) is 0 Å². The number of amides is 1. The number of nitrogens with zero attached hydrogens (tertiary/aromatic N) is 1. The van der Waals surface area contributed by atoms with E-state index in [-0.39, 0.29) is 24.2 Å². The van der Waals surface area contributed by atoms with Crippen LogP contribution in [0.15, 0.2) is 16.7 Å². The van der Waals surface area contributed by atoms with Gasteiger partial charge in [0.25, 0.3) is 5.91 Å². The minimum atomic E-state index is -0.0461. The molecule has 0 spiro atoms. The van der Waals surface area contributed by atoms with Gasteiger partial charge < -0.3 is 18.8 Å². The Morgan fingerprint density at radius 1 is 1.55 bits per heavy atom. The number of hydrogen-bond acceptors (Lipinski definition) is 4. The lowest BCUT2D eigenvalue weighted by Crippen LogP contribution is -2.43. The number of fused-ring (bicyclic) bond motifs is 1. The number of rotatable bonds is 3. The maximum absolute atomic E-state index is 12.7. The summed E-state index contributed by atoms with van der Waals surface area (Å²) in [7, 11) is 0. The molecule has 5 nitrogen and oxygen atoms in total. The van der Waals surface area contributed by atoms with Crippen LogP contribution in [0.25, 0.3) is 0 Å². The third-order valence-corrected chi connectivity index (χ3v) is 4.18. The van der Waals surface area contributed by atoms with Gasteiger partial charge in [-0.15, -0.1) is 0 Å². The topological polar surface area (TPSA) is 51.9 Å². The molecule has 0 N–H and O–H groups in total. The molecule has 110 valence electrons. The molecule has 0 saturated carbocycles. The van der Waals surface area contributed by atoms with Crippen LogP contribution in [0.1, 0.15) is 35.9 Å². The minimum absolute atomic E-state index is 0.00270. The van der Waals surface area contributed by atoms with Gasteiger partial charge in [0.1, 0.15) is 12.2 Å². The Kier molecular flexibility index (Phi) is 3.81. The van der Waals surface area contributed by atoms with Gasteiger partial charge in [-0.05, 0) is 32.8 Å². The molecule has 2 fully saturated rings. The second-order valence-corrected chi connectivity index (χ2v) is 5.43. The fourth-order valence-electron chi connectivity index (χ4n) is 3.23. The number of carbonyl (C=O) groups is 1. The lowest BCUT2D eigenvalue weighted by molar-refractivity contribution is -0.0738. The van der Waals surface area contributed by atoms with E-state index in [0.29, 0.717) is 18.9 Å². The number of likely N-dealkylation sites (tertiary alicyclic amines) is 1. The molecule has 0 bridgehead atoms. The SMILES string of the molecule is CCO[C@@H]1CN(C(=O)c2occc2C)[C@@H]2CCCO[C@@H]21. The first-order chi connectivity index (χ1) is 9.72. The zero-order valence-corrected chi connectivity index (χ0v) is 12.0. The second-order valence-electron chi connectivity index (χ2n) is 5.43. The zero-order chi connectivity index (χ0) is 14.1. The first kappa shape index (κ1) is 13.6. The van der Waals surface area contributed by atoms with Crippen molar-refractivity contribution in [2.75, 3.05) is 19.8 Å². The van der Waals surface area contributed by atoms with Crippen molar-refractivity contribution in [3.63, 3.8) is 0 Å². The molecule has 1 aromatic rings. The molecule has 3 heterocycles. The van der Waals surface area contributed by atoms with E-state index in [1.807, 2.05) is 24.8 Å². The molecule has 2 aliphatic heterocycles. The largest absolute Gasteiger partial charge is 0.459 e. The van der Waals surface area contributed by atoms with E-state index in [4.69, 9.17) is 13.9 Å². The van der Waals surface area contributed by atoms with Gasteiger partial charge in [-0.3, -0.25) is 4.79 Å². The molecule has 0 radical (unpaired) electrons. The second kappa shape index (κ2) is 5.58. The lowest BCUT2D eigenvalue weighted by atomic mass is 10.0. The van der Waals surface area contributed by atoms with Gasteiger partial charge in [0.05, 0.1) is 18.8 Å². The zero-order valence-electron chi connectivity index (χ0n) is 12.0. The quantitative estimate of drug-likeness (QED) is 0.849. The van der Waals surface area contributed by atoms with Gasteiger partial charge in [-0.25, -0.2) is 0 Å². The van der Waals surface area contributed by atoms with Gasteiger partial charge in [-0.2, -0.15) is 0 Å². The van der Waals surface area contributed by atoms with Gasteiger partial charge >= 0.3 is 0 Å². The van der Waals surface area contributed by atoms with Crippen molar-refractivity contribution in [2.24, 2.45) is 0 Å². The molecule has 3 rings (SSSR count). The van der Waals surface area contributed by atoms with E-state index in [1.54, 1.807) is 6.26 Å². The van der Waals surface area contributed by atoms with Gasteiger partial charge in [-0.1, -0.05) is 0 Å². The van der Waals surface area contributed by atoms with Crippen LogP contribution in [0.4, 0.5) is 0 Å². The van der Waals surface area contributed by atoms with E-state index in [1.165, 1.54) is 0 Å². The van der Waals surface area contributed by atoms with Crippen LogP contribution < -0.4 is 0 Å². The highest BCUT2D eigenvalue weighted by Crippen LogP contribution is 2.32. The highest BCUT2D eigenvalue weighted by Gasteiger charge is 2.47.